The number of aryl methyl sites for hydroxylation is 1. The number of benzene rings is 1. The number of pyridine rings is 1. The van der Waals surface area contributed by atoms with Crippen molar-refractivity contribution < 1.29 is 28.9 Å². The molecule has 38 heavy (non-hydrogen) atoms. The molecule has 2 aromatic heterocycles. The first-order valence-electron chi connectivity index (χ1n) is 13.0. The number of carbonyl (C=O) groups is 2. The van der Waals surface area contributed by atoms with E-state index in [2.05, 4.69) is 11.9 Å². The Morgan fingerprint density at radius 3 is 2.61 bits per heavy atom. The van der Waals surface area contributed by atoms with Gasteiger partial charge in [0, 0.05) is 26.5 Å². The highest BCUT2D eigenvalue weighted by Crippen LogP contribution is 2.42. The van der Waals surface area contributed by atoms with Crippen molar-refractivity contribution in [3.05, 3.63) is 65.1 Å². The van der Waals surface area contributed by atoms with Gasteiger partial charge in [0.2, 0.25) is 0 Å². The summed E-state index contributed by atoms with van der Waals surface area (Å²) in [4.78, 5) is 32.7. The molecule has 1 saturated heterocycles. The van der Waals surface area contributed by atoms with Gasteiger partial charge in [0.1, 0.15) is 11.3 Å². The van der Waals surface area contributed by atoms with E-state index >= 15 is 0 Å². The number of nitrogens with zero attached hydrogens (tertiary/aromatic N) is 3. The van der Waals surface area contributed by atoms with Crippen molar-refractivity contribution in [3.63, 3.8) is 0 Å². The second-order valence-corrected chi connectivity index (χ2v) is 9.15. The van der Waals surface area contributed by atoms with Crippen LogP contribution in [0.15, 0.2) is 48.2 Å². The number of rotatable bonds is 12. The van der Waals surface area contributed by atoms with Gasteiger partial charge in [-0.3, -0.25) is 14.0 Å². The highest BCUT2D eigenvalue weighted by molar-refractivity contribution is 6.46. The number of carbonyl (C=O) groups excluding carboxylic acids is 2. The molecule has 1 aliphatic heterocycles. The van der Waals surface area contributed by atoms with Crippen molar-refractivity contribution in [1.29, 1.82) is 0 Å². The second kappa shape index (κ2) is 12.1. The van der Waals surface area contributed by atoms with Gasteiger partial charge in [-0.15, -0.1) is 0 Å². The van der Waals surface area contributed by atoms with Gasteiger partial charge >= 0.3 is 0 Å². The van der Waals surface area contributed by atoms with Gasteiger partial charge in [-0.2, -0.15) is 0 Å². The third-order valence-corrected chi connectivity index (χ3v) is 6.55. The molecule has 1 unspecified atom stereocenters. The van der Waals surface area contributed by atoms with Gasteiger partial charge in [0.05, 0.1) is 30.5 Å². The van der Waals surface area contributed by atoms with Crippen molar-refractivity contribution in [2.24, 2.45) is 0 Å². The van der Waals surface area contributed by atoms with Crippen LogP contribution in [0.25, 0.3) is 11.4 Å². The predicted molar refractivity (Wildman–Crippen MR) is 143 cm³/mol. The number of fused-ring (bicyclic) bond motifs is 1. The molecule has 3 heterocycles. The van der Waals surface area contributed by atoms with Gasteiger partial charge in [0.25, 0.3) is 11.7 Å². The third-order valence-electron chi connectivity index (χ3n) is 6.55. The van der Waals surface area contributed by atoms with E-state index in [9.17, 15) is 14.7 Å². The van der Waals surface area contributed by atoms with E-state index in [1.54, 1.807) is 36.8 Å². The van der Waals surface area contributed by atoms with Gasteiger partial charge < -0.3 is 24.2 Å². The number of amides is 1. The number of hydrogen-bond acceptors (Lipinski definition) is 7. The van der Waals surface area contributed by atoms with E-state index in [0.29, 0.717) is 60.3 Å². The molecule has 1 atom stereocenters. The zero-order valence-electron chi connectivity index (χ0n) is 22.4. The predicted octanol–water partition coefficient (Wildman–Crippen LogP) is 4.68. The molecule has 0 bridgehead atoms. The normalized spacial score (nSPS) is 16.9. The van der Waals surface area contributed by atoms with Crippen molar-refractivity contribution >= 4 is 23.1 Å². The Balaban J connectivity index is 1.86. The number of Topliss-reactive ketones (excluding diaryl/α,β-unsaturated/α-hetero) is 1. The molecule has 4 rings (SSSR count). The first-order valence-corrected chi connectivity index (χ1v) is 13.0. The minimum Gasteiger partial charge on any atom is -0.505 e. The summed E-state index contributed by atoms with van der Waals surface area (Å²) >= 11 is 0. The molecule has 202 valence electrons. The molecule has 1 aromatic carbocycles. The van der Waals surface area contributed by atoms with Gasteiger partial charge in [-0.25, -0.2) is 4.98 Å². The molecule has 1 amide bonds. The Hall–Kier alpha value is -3.85. The van der Waals surface area contributed by atoms with Crippen LogP contribution in [0.5, 0.6) is 11.5 Å². The quantitative estimate of drug-likeness (QED) is 0.160. The van der Waals surface area contributed by atoms with Crippen LogP contribution in [0, 0.1) is 6.92 Å². The minimum atomic E-state index is -0.815. The number of aliphatic hydroxyl groups is 1. The maximum atomic E-state index is 13.4. The fourth-order valence-corrected chi connectivity index (χ4v) is 4.77. The lowest BCUT2D eigenvalue weighted by Gasteiger charge is -2.26. The largest absolute Gasteiger partial charge is 0.505 e. The number of aromatic nitrogens is 2. The molecular formula is C29H35N3O6. The van der Waals surface area contributed by atoms with E-state index in [-0.39, 0.29) is 17.9 Å². The summed E-state index contributed by atoms with van der Waals surface area (Å²) in [5, 5.41) is 11.6. The van der Waals surface area contributed by atoms with Crippen molar-refractivity contribution in [2.45, 2.75) is 46.1 Å². The topological polar surface area (TPSA) is 103 Å². The van der Waals surface area contributed by atoms with Crippen LogP contribution in [0.1, 0.15) is 56.1 Å². The van der Waals surface area contributed by atoms with Gasteiger partial charge in [0.15, 0.2) is 17.3 Å². The molecule has 1 N–H and O–H groups in total. The first kappa shape index (κ1) is 27.2. The molecule has 0 radical (unpaired) electrons. The first-order chi connectivity index (χ1) is 18.4. The fraction of sp³-hybridized carbons (Fsp3) is 0.414. The number of ketones is 1. The standard InChI is InChI=1S/C29H35N3O6/c1-5-7-17-38-21-13-12-20(18-22(21)37-6-2)26-24(28(34)29(35)32(26)15-10-16-36-4)27(33)25-19(3)30-23-11-8-9-14-31(23)25/h8-9,11-14,18,26,33H,5-7,10,15-17H2,1-4H3/b27-24+. The molecule has 0 aliphatic carbocycles. The lowest BCUT2D eigenvalue weighted by Crippen LogP contribution is -2.31. The van der Waals surface area contributed by atoms with Gasteiger partial charge in [-0.1, -0.05) is 25.5 Å². The van der Waals surface area contributed by atoms with Crippen LogP contribution in [-0.4, -0.2) is 64.6 Å². The average molecular weight is 522 g/mol. The molecule has 9 heteroatoms. The van der Waals surface area contributed by atoms with E-state index in [1.807, 2.05) is 31.2 Å². The Morgan fingerprint density at radius 1 is 1.05 bits per heavy atom. The average Bonchev–Trinajstić information content (AvgIpc) is 3.38. The lowest BCUT2D eigenvalue weighted by molar-refractivity contribution is -0.140. The summed E-state index contributed by atoms with van der Waals surface area (Å²) in [5.41, 5.74) is 2.21. The minimum absolute atomic E-state index is 0.0169. The van der Waals surface area contributed by atoms with E-state index in [0.717, 1.165) is 12.8 Å². The number of unbranched alkanes of at least 4 members (excludes halogenated alkanes) is 1. The number of aliphatic hydroxyl groups excluding tert-OH is 1. The summed E-state index contributed by atoms with van der Waals surface area (Å²) < 4.78 is 18.7. The maximum Gasteiger partial charge on any atom is 0.295 e. The number of hydrogen-bond donors (Lipinski definition) is 1. The van der Waals surface area contributed by atoms with E-state index in [4.69, 9.17) is 14.2 Å². The molecule has 3 aromatic rings. The summed E-state index contributed by atoms with van der Waals surface area (Å²) in [6.07, 6.45) is 4.21. The smallest absolute Gasteiger partial charge is 0.295 e. The van der Waals surface area contributed by atoms with Crippen LogP contribution in [-0.2, 0) is 14.3 Å². The zero-order valence-corrected chi connectivity index (χ0v) is 22.4. The Bertz CT molecular complexity index is 1350. The Kier molecular flexibility index (Phi) is 8.68. The van der Waals surface area contributed by atoms with Crippen LogP contribution < -0.4 is 9.47 Å². The Morgan fingerprint density at radius 2 is 1.87 bits per heavy atom. The fourth-order valence-electron chi connectivity index (χ4n) is 4.77. The maximum absolute atomic E-state index is 13.4. The number of ether oxygens (including phenoxy) is 3. The van der Waals surface area contributed by atoms with Crippen LogP contribution in [0.4, 0.5) is 0 Å². The third kappa shape index (κ3) is 5.24. The number of likely N-dealkylation sites (tertiary alicyclic amines) is 1. The van der Waals surface area contributed by atoms with Gasteiger partial charge in [-0.05, 0) is 56.5 Å². The molecule has 1 aliphatic rings. The molecule has 9 nitrogen and oxygen atoms in total. The van der Waals surface area contributed by atoms with Crippen LogP contribution in [0.2, 0.25) is 0 Å². The highest BCUT2D eigenvalue weighted by Gasteiger charge is 2.46. The monoisotopic (exact) mass is 521 g/mol. The Labute approximate surface area is 222 Å². The van der Waals surface area contributed by atoms with Crippen LogP contribution in [0.3, 0.4) is 0 Å². The molecule has 1 fully saturated rings. The highest BCUT2D eigenvalue weighted by atomic mass is 16.5. The summed E-state index contributed by atoms with van der Waals surface area (Å²) in [5.74, 6) is -0.551. The van der Waals surface area contributed by atoms with E-state index < -0.39 is 17.7 Å². The number of imidazole rings is 1. The van der Waals surface area contributed by atoms with Crippen molar-refractivity contribution in [2.75, 3.05) is 33.5 Å². The molecule has 0 saturated carbocycles. The summed E-state index contributed by atoms with van der Waals surface area (Å²) in [7, 11) is 1.59. The molecule has 0 spiro atoms. The molecular weight excluding hydrogens is 486 g/mol. The van der Waals surface area contributed by atoms with Crippen LogP contribution >= 0.6 is 0 Å². The summed E-state index contributed by atoms with van der Waals surface area (Å²) in [6, 6.07) is 10.1. The SMILES string of the molecule is CCCCOc1ccc(C2/C(=C(\O)c3c(C)nc4ccccn34)C(=O)C(=O)N2CCCOC)cc1OCC. The summed E-state index contributed by atoms with van der Waals surface area (Å²) in [6.45, 7) is 7.42. The van der Waals surface area contributed by atoms with E-state index in [1.165, 1.54) is 4.90 Å². The van der Waals surface area contributed by atoms with Crippen molar-refractivity contribution in [3.8, 4) is 11.5 Å². The number of methoxy groups -OCH3 is 1. The zero-order chi connectivity index (χ0) is 27.2. The van der Waals surface area contributed by atoms with Crippen molar-refractivity contribution in [1.82, 2.24) is 14.3 Å². The second-order valence-electron chi connectivity index (χ2n) is 9.15. The lowest BCUT2D eigenvalue weighted by atomic mass is 9.95.